The third-order valence-electron chi connectivity index (χ3n) is 5.45. The number of guanidine groups is 1. The second-order valence-corrected chi connectivity index (χ2v) is 8.51. The first-order valence-corrected chi connectivity index (χ1v) is 12.1. The number of nitrogens with zero attached hydrogens (tertiary/aromatic N) is 3. The maximum atomic E-state index is 12.3. The molecule has 16 nitrogen and oxygen atoms in total. The van der Waals surface area contributed by atoms with E-state index in [9.17, 15) is 34.6 Å². The van der Waals surface area contributed by atoms with E-state index in [0.717, 1.165) is 0 Å². The van der Waals surface area contributed by atoms with Crippen LogP contribution in [0.1, 0.15) is 24.0 Å². The number of nitro benzene ring substituents is 2. The lowest BCUT2D eigenvalue weighted by Crippen LogP contribution is -2.56. The molecule has 0 unspecified atom stereocenters. The third-order valence-corrected chi connectivity index (χ3v) is 5.45. The summed E-state index contributed by atoms with van der Waals surface area (Å²) in [5, 5.41) is 32.0. The minimum Gasteiger partial charge on any atom is -0.444 e. The van der Waals surface area contributed by atoms with Gasteiger partial charge < -0.3 is 20.1 Å². The molecular formula is C24H27N7O9. The topological polar surface area (TPSA) is 216 Å². The molecule has 0 spiro atoms. The summed E-state index contributed by atoms with van der Waals surface area (Å²) in [4.78, 5) is 61.1. The van der Waals surface area contributed by atoms with E-state index in [1.807, 2.05) is 0 Å². The Balaban J connectivity index is 1.52. The maximum absolute atomic E-state index is 12.3. The summed E-state index contributed by atoms with van der Waals surface area (Å²) in [6.07, 6.45) is -1.43. The summed E-state index contributed by atoms with van der Waals surface area (Å²) >= 11 is 0. The lowest BCUT2D eigenvalue weighted by atomic mass is 10.1. The van der Waals surface area contributed by atoms with Gasteiger partial charge in [-0.25, -0.2) is 9.59 Å². The lowest BCUT2D eigenvalue weighted by molar-refractivity contribution is -0.385. The summed E-state index contributed by atoms with van der Waals surface area (Å²) in [5.74, 6) is -0.430. The number of nitrogens with one attached hydrogen (secondary N) is 4. The number of benzene rings is 2. The van der Waals surface area contributed by atoms with Crippen molar-refractivity contribution in [3.63, 3.8) is 0 Å². The van der Waals surface area contributed by atoms with E-state index in [1.165, 1.54) is 48.5 Å². The van der Waals surface area contributed by atoms with Gasteiger partial charge in [-0.05, 0) is 41.8 Å². The van der Waals surface area contributed by atoms with Crippen LogP contribution >= 0.6 is 0 Å². The molecule has 1 aliphatic heterocycles. The number of hydrogen-bond donors (Lipinski definition) is 4. The fraction of sp³-hybridized carbons (Fsp3) is 0.333. The molecule has 3 rings (SSSR count). The molecule has 16 heteroatoms. The zero-order valence-corrected chi connectivity index (χ0v) is 21.2. The van der Waals surface area contributed by atoms with E-state index in [1.54, 1.807) is 0 Å². The van der Waals surface area contributed by atoms with Gasteiger partial charge in [0.25, 0.3) is 11.4 Å². The Morgan fingerprint density at radius 1 is 0.850 bits per heavy atom. The van der Waals surface area contributed by atoms with Crippen molar-refractivity contribution in [2.24, 2.45) is 4.99 Å². The van der Waals surface area contributed by atoms with E-state index >= 15 is 0 Å². The quantitative estimate of drug-likeness (QED) is 0.103. The average molecular weight is 558 g/mol. The smallest absolute Gasteiger partial charge is 0.414 e. The second kappa shape index (κ2) is 14.7. The third kappa shape index (κ3) is 9.97. The molecule has 2 aromatic carbocycles. The van der Waals surface area contributed by atoms with Crippen molar-refractivity contribution in [2.45, 2.75) is 32.1 Å². The molecule has 2 aromatic rings. The minimum absolute atomic E-state index is 0.0803. The predicted molar refractivity (Wildman–Crippen MR) is 139 cm³/mol. The van der Waals surface area contributed by atoms with Crippen molar-refractivity contribution < 1.29 is 33.7 Å². The van der Waals surface area contributed by atoms with Crippen LogP contribution in [0, 0.1) is 20.2 Å². The summed E-state index contributed by atoms with van der Waals surface area (Å²) in [6.45, 7) is 1.09. The Labute approximate surface area is 227 Å². The number of carbonyl (C=O) groups excluding carboxylic acids is 3. The lowest BCUT2D eigenvalue weighted by Gasteiger charge is -2.27. The molecule has 1 aliphatic rings. The summed E-state index contributed by atoms with van der Waals surface area (Å²) in [7, 11) is 0. The highest BCUT2D eigenvalue weighted by atomic mass is 16.6. The zero-order valence-electron chi connectivity index (χ0n) is 21.2. The highest BCUT2D eigenvalue weighted by Gasteiger charge is 2.18. The zero-order chi connectivity index (χ0) is 28.9. The molecule has 0 aliphatic carbocycles. The fourth-order valence-corrected chi connectivity index (χ4v) is 3.22. The highest BCUT2D eigenvalue weighted by molar-refractivity contribution is 6.01. The van der Waals surface area contributed by atoms with E-state index in [4.69, 9.17) is 9.47 Å². The maximum Gasteiger partial charge on any atom is 0.414 e. The van der Waals surface area contributed by atoms with Gasteiger partial charge in [0, 0.05) is 50.3 Å². The molecule has 1 fully saturated rings. The Hall–Kier alpha value is -5.12. The molecular weight excluding hydrogens is 530 g/mol. The fourth-order valence-electron chi connectivity index (χ4n) is 3.22. The largest absolute Gasteiger partial charge is 0.444 e. The number of nitro groups is 2. The average Bonchev–Trinajstić information content (AvgIpc) is 2.91. The summed E-state index contributed by atoms with van der Waals surface area (Å²) in [6, 6.07) is 10.9. The van der Waals surface area contributed by atoms with E-state index < -0.39 is 22.0 Å². The van der Waals surface area contributed by atoms with Crippen LogP contribution in [0.2, 0.25) is 0 Å². The van der Waals surface area contributed by atoms with Crippen molar-refractivity contribution >= 4 is 35.4 Å². The Morgan fingerprint density at radius 3 is 1.73 bits per heavy atom. The highest BCUT2D eigenvalue weighted by Crippen LogP contribution is 2.13. The predicted octanol–water partition coefficient (Wildman–Crippen LogP) is 1.88. The minimum atomic E-state index is -0.969. The van der Waals surface area contributed by atoms with Crippen LogP contribution in [0.4, 0.5) is 21.0 Å². The van der Waals surface area contributed by atoms with Crippen LogP contribution in [0.15, 0.2) is 53.5 Å². The van der Waals surface area contributed by atoms with Gasteiger partial charge in [-0.2, -0.15) is 0 Å². The summed E-state index contributed by atoms with van der Waals surface area (Å²) < 4.78 is 10.2. The number of ether oxygens (including phenoxy) is 2. The van der Waals surface area contributed by atoms with Gasteiger partial charge in [-0.15, -0.1) is 0 Å². The van der Waals surface area contributed by atoms with Crippen LogP contribution in [-0.4, -0.2) is 59.6 Å². The van der Waals surface area contributed by atoms with E-state index in [0.29, 0.717) is 30.6 Å². The number of alkyl carbamates (subject to hydrolysis) is 2. The monoisotopic (exact) mass is 557 g/mol. The van der Waals surface area contributed by atoms with E-state index in [2.05, 4.69) is 26.3 Å². The standard InChI is InChI=1S/C24H27N7O9/c32-21(27-18-12-25-13-18)2-1-11-26-22(28-23(33)39-14-16-3-7-19(8-4-16)30(35)36)29-24(34)40-15-17-5-9-20(10-6-17)31(37)38/h3-10,18,25H,1-2,11-15H2,(H,27,32)(H2,26,28,29,33,34). The Bertz CT molecular complexity index is 1170. The first-order chi connectivity index (χ1) is 19.2. The number of amides is 3. The van der Waals surface area contributed by atoms with Crippen molar-refractivity contribution in [3.05, 3.63) is 79.9 Å². The van der Waals surface area contributed by atoms with Gasteiger partial charge in [0.1, 0.15) is 13.2 Å². The van der Waals surface area contributed by atoms with Gasteiger partial charge in [0.2, 0.25) is 11.9 Å². The normalized spacial score (nSPS) is 12.3. The van der Waals surface area contributed by atoms with Gasteiger partial charge in [0.05, 0.1) is 15.9 Å². The number of carbonyl (C=O) groups is 3. The van der Waals surface area contributed by atoms with Crippen LogP contribution in [0.3, 0.4) is 0 Å². The molecule has 4 N–H and O–H groups in total. The molecule has 0 saturated carbocycles. The molecule has 1 saturated heterocycles. The molecule has 0 radical (unpaired) electrons. The number of non-ortho nitro benzene ring substituents is 2. The Morgan fingerprint density at radius 2 is 1.32 bits per heavy atom. The molecule has 0 bridgehead atoms. The van der Waals surface area contributed by atoms with Crippen LogP contribution in [-0.2, 0) is 27.5 Å². The summed E-state index contributed by atoms with van der Waals surface area (Å²) in [5.41, 5.74) is 0.749. The molecule has 1 heterocycles. The first-order valence-electron chi connectivity index (χ1n) is 12.1. The number of rotatable bonds is 11. The van der Waals surface area contributed by atoms with Gasteiger partial charge in [-0.1, -0.05) is 0 Å². The Kier molecular flexibility index (Phi) is 10.8. The van der Waals surface area contributed by atoms with Gasteiger partial charge >= 0.3 is 12.2 Å². The van der Waals surface area contributed by atoms with Crippen LogP contribution in [0.5, 0.6) is 0 Å². The van der Waals surface area contributed by atoms with Crippen LogP contribution in [0.25, 0.3) is 0 Å². The van der Waals surface area contributed by atoms with Gasteiger partial charge in [0.15, 0.2) is 0 Å². The van der Waals surface area contributed by atoms with Gasteiger partial charge in [-0.3, -0.25) is 40.6 Å². The van der Waals surface area contributed by atoms with E-state index in [-0.39, 0.29) is 55.5 Å². The number of aliphatic imine (C=N–C) groups is 1. The van der Waals surface area contributed by atoms with Crippen molar-refractivity contribution in [1.82, 2.24) is 21.3 Å². The van der Waals surface area contributed by atoms with Crippen molar-refractivity contribution in [3.8, 4) is 0 Å². The van der Waals surface area contributed by atoms with Crippen molar-refractivity contribution in [1.29, 1.82) is 0 Å². The molecule has 0 atom stereocenters. The van der Waals surface area contributed by atoms with Crippen molar-refractivity contribution in [2.75, 3.05) is 19.6 Å². The number of hydrogen-bond acceptors (Lipinski definition) is 11. The molecule has 212 valence electrons. The molecule has 40 heavy (non-hydrogen) atoms. The second-order valence-electron chi connectivity index (χ2n) is 8.51. The first kappa shape index (κ1) is 29.4. The molecule has 3 amide bonds. The van der Waals surface area contributed by atoms with Crippen LogP contribution < -0.4 is 21.3 Å². The SMILES string of the molecule is O=C(CCCN=C(NC(=O)OCc1ccc([N+](=O)[O-])cc1)NC(=O)OCc1ccc([N+](=O)[O-])cc1)NC1CNC1. The molecule has 0 aromatic heterocycles.